The summed E-state index contributed by atoms with van der Waals surface area (Å²) < 4.78 is 42.6. The first kappa shape index (κ1) is 21.4. The summed E-state index contributed by atoms with van der Waals surface area (Å²) in [5.74, 6) is -0.585. The van der Waals surface area contributed by atoms with Crippen LogP contribution < -0.4 is 10.1 Å². The van der Waals surface area contributed by atoms with Gasteiger partial charge in [0.1, 0.15) is 5.75 Å². The number of ether oxygens (including phenoxy) is 1. The van der Waals surface area contributed by atoms with E-state index in [4.69, 9.17) is 0 Å². The summed E-state index contributed by atoms with van der Waals surface area (Å²) in [6, 6.07) is 16.7. The zero-order chi connectivity index (χ0) is 22.6. The molecule has 4 aromatic rings. The van der Waals surface area contributed by atoms with E-state index in [0.717, 1.165) is 16.6 Å². The zero-order valence-electron chi connectivity index (χ0n) is 16.8. The van der Waals surface area contributed by atoms with Gasteiger partial charge in [-0.25, -0.2) is 0 Å². The number of benzene rings is 2. The molecule has 2 aromatic carbocycles. The summed E-state index contributed by atoms with van der Waals surface area (Å²) in [4.78, 5) is 16.8. The summed E-state index contributed by atoms with van der Waals surface area (Å²) in [5.41, 5.74) is 2.78. The minimum absolute atomic E-state index is 0.287. The fourth-order valence-corrected chi connectivity index (χ4v) is 3.34. The fraction of sp³-hybridized carbons (Fsp3) is 0.174. The fourth-order valence-electron chi connectivity index (χ4n) is 3.34. The van der Waals surface area contributed by atoms with Crippen molar-refractivity contribution in [3.8, 4) is 5.75 Å². The van der Waals surface area contributed by atoms with E-state index in [1.54, 1.807) is 17.1 Å². The van der Waals surface area contributed by atoms with Crippen LogP contribution in [-0.2, 0) is 13.0 Å². The summed E-state index contributed by atoms with van der Waals surface area (Å²) in [6.07, 6.45) is -0.650. The number of nitrogens with zero attached hydrogens (tertiary/aromatic N) is 3. The average molecular weight is 440 g/mol. The Labute approximate surface area is 181 Å². The Morgan fingerprint density at radius 1 is 1.00 bits per heavy atom. The van der Waals surface area contributed by atoms with Crippen LogP contribution in [0.2, 0.25) is 0 Å². The Kier molecular flexibility index (Phi) is 6.07. The topological polar surface area (TPSA) is 69.0 Å². The Hall–Kier alpha value is -3.88. The molecule has 0 saturated carbocycles. The molecular formula is C23H19F3N4O2. The maximum absolute atomic E-state index is 12.8. The van der Waals surface area contributed by atoms with Crippen molar-refractivity contribution >= 4 is 16.8 Å². The van der Waals surface area contributed by atoms with E-state index in [1.807, 2.05) is 36.4 Å². The number of aromatic nitrogens is 3. The first-order valence-electron chi connectivity index (χ1n) is 9.86. The van der Waals surface area contributed by atoms with Gasteiger partial charge in [0.05, 0.1) is 12.1 Å². The minimum atomic E-state index is -4.74. The summed E-state index contributed by atoms with van der Waals surface area (Å²) in [6.45, 7) is 0.724. The van der Waals surface area contributed by atoms with Gasteiger partial charge in [-0.3, -0.25) is 14.5 Å². The van der Waals surface area contributed by atoms with Crippen LogP contribution in [-0.4, -0.2) is 33.6 Å². The molecule has 0 fully saturated rings. The number of nitrogens with one attached hydrogen (secondary N) is 1. The van der Waals surface area contributed by atoms with Crippen LogP contribution in [0.4, 0.5) is 13.2 Å². The van der Waals surface area contributed by atoms with Gasteiger partial charge in [-0.15, -0.1) is 13.2 Å². The third kappa shape index (κ3) is 5.23. The van der Waals surface area contributed by atoms with E-state index < -0.39 is 6.36 Å². The third-order valence-corrected chi connectivity index (χ3v) is 4.78. The normalized spacial score (nSPS) is 11.5. The second-order valence-corrected chi connectivity index (χ2v) is 7.08. The summed E-state index contributed by atoms with van der Waals surface area (Å²) in [7, 11) is 0. The number of alkyl halides is 3. The van der Waals surface area contributed by atoms with E-state index >= 15 is 0 Å². The molecule has 1 amide bonds. The SMILES string of the molecule is O=C(NCCc1cccnc1)c1nn(Cc2ccc(OC(F)(F)F)cc2)c2ccccc12. The highest BCUT2D eigenvalue weighted by atomic mass is 19.4. The van der Waals surface area contributed by atoms with Crippen molar-refractivity contribution in [1.82, 2.24) is 20.1 Å². The molecule has 164 valence electrons. The predicted octanol–water partition coefficient (Wildman–Crippen LogP) is 4.35. The van der Waals surface area contributed by atoms with E-state index in [1.165, 1.54) is 24.3 Å². The minimum Gasteiger partial charge on any atom is -0.406 e. The smallest absolute Gasteiger partial charge is 0.406 e. The molecular weight excluding hydrogens is 421 g/mol. The lowest BCUT2D eigenvalue weighted by molar-refractivity contribution is -0.274. The second-order valence-electron chi connectivity index (χ2n) is 7.08. The van der Waals surface area contributed by atoms with E-state index in [2.05, 4.69) is 20.1 Å². The lowest BCUT2D eigenvalue weighted by Gasteiger charge is -2.09. The van der Waals surface area contributed by atoms with Crippen LogP contribution in [0.3, 0.4) is 0 Å². The van der Waals surface area contributed by atoms with Crippen LogP contribution in [0.25, 0.3) is 10.9 Å². The van der Waals surface area contributed by atoms with Gasteiger partial charge in [0.15, 0.2) is 5.69 Å². The van der Waals surface area contributed by atoms with Crippen molar-refractivity contribution in [3.05, 3.63) is 89.9 Å². The van der Waals surface area contributed by atoms with Crippen LogP contribution >= 0.6 is 0 Å². The predicted molar refractivity (Wildman–Crippen MR) is 112 cm³/mol. The number of hydrogen-bond acceptors (Lipinski definition) is 4. The molecule has 1 N–H and O–H groups in total. The molecule has 0 aliphatic carbocycles. The molecule has 0 spiro atoms. The van der Waals surface area contributed by atoms with Crippen molar-refractivity contribution < 1.29 is 22.7 Å². The number of carbonyl (C=O) groups excluding carboxylic acids is 1. The van der Waals surface area contributed by atoms with Gasteiger partial charge < -0.3 is 10.1 Å². The highest BCUT2D eigenvalue weighted by molar-refractivity contribution is 6.04. The molecule has 4 rings (SSSR count). The number of carbonyl (C=O) groups is 1. The molecule has 0 radical (unpaired) electrons. The first-order valence-corrected chi connectivity index (χ1v) is 9.86. The largest absolute Gasteiger partial charge is 0.573 e. The van der Waals surface area contributed by atoms with Gasteiger partial charge >= 0.3 is 6.36 Å². The van der Waals surface area contributed by atoms with Gasteiger partial charge in [-0.05, 0) is 41.8 Å². The lowest BCUT2D eigenvalue weighted by Crippen LogP contribution is -2.26. The maximum Gasteiger partial charge on any atom is 0.573 e. The van der Waals surface area contributed by atoms with Gasteiger partial charge in [0.2, 0.25) is 0 Å². The van der Waals surface area contributed by atoms with Crippen LogP contribution in [0.15, 0.2) is 73.1 Å². The molecule has 9 heteroatoms. The average Bonchev–Trinajstić information content (AvgIpc) is 3.13. The Morgan fingerprint density at radius 2 is 1.78 bits per heavy atom. The number of rotatable bonds is 7. The van der Waals surface area contributed by atoms with Crippen molar-refractivity contribution in [2.75, 3.05) is 6.54 Å². The number of amides is 1. The van der Waals surface area contributed by atoms with E-state index in [-0.39, 0.29) is 18.2 Å². The van der Waals surface area contributed by atoms with Crippen LogP contribution in [0.1, 0.15) is 21.6 Å². The molecule has 32 heavy (non-hydrogen) atoms. The Bertz CT molecular complexity index is 1210. The molecule has 0 aliphatic heterocycles. The monoisotopic (exact) mass is 440 g/mol. The van der Waals surface area contributed by atoms with Crippen molar-refractivity contribution in [2.24, 2.45) is 0 Å². The number of fused-ring (bicyclic) bond motifs is 1. The molecule has 0 unspecified atom stereocenters. The molecule has 0 bridgehead atoms. The summed E-state index contributed by atoms with van der Waals surface area (Å²) >= 11 is 0. The van der Waals surface area contributed by atoms with Crippen molar-refractivity contribution in [2.45, 2.75) is 19.3 Å². The molecule has 0 saturated heterocycles. The highest BCUT2D eigenvalue weighted by Gasteiger charge is 2.31. The Morgan fingerprint density at radius 3 is 2.50 bits per heavy atom. The van der Waals surface area contributed by atoms with Crippen LogP contribution in [0, 0.1) is 0 Å². The second kappa shape index (κ2) is 9.09. The van der Waals surface area contributed by atoms with E-state index in [9.17, 15) is 18.0 Å². The van der Waals surface area contributed by atoms with Crippen LogP contribution in [0.5, 0.6) is 5.75 Å². The quantitative estimate of drug-likeness (QED) is 0.464. The molecule has 0 atom stereocenters. The molecule has 6 nitrogen and oxygen atoms in total. The number of pyridine rings is 1. The molecule has 2 heterocycles. The first-order chi connectivity index (χ1) is 15.4. The van der Waals surface area contributed by atoms with Crippen molar-refractivity contribution in [1.29, 1.82) is 0 Å². The Balaban J connectivity index is 1.49. The maximum atomic E-state index is 12.8. The molecule has 0 aliphatic rings. The highest BCUT2D eigenvalue weighted by Crippen LogP contribution is 2.24. The molecule has 2 aromatic heterocycles. The number of hydrogen-bond donors (Lipinski definition) is 1. The van der Waals surface area contributed by atoms with E-state index in [0.29, 0.717) is 24.0 Å². The van der Waals surface area contributed by atoms with Gasteiger partial charge in [0.25, 0.3) is 5.91 Å². The number of para-hydroxylation sites is 1. The van der Waals surface area contributed by atoms with Gasteiger partial charge in [-0.1, -0.05) is 36.4 Å². The zero-order valence-corrected chi connectivity index (χ0v) is 16.8. The lowest BCUT2D eigenvalue weighted by atomic mass is 10.2. The summed E-state index contributed by atoms with van der Waals surface area (Å²) in [5, 5.41) is 8.05. The standard InChI is InChI=1S/C23H19F3N4O2/c24-23(25,26)32-18-9-7-17(8-10-18)15-30-20-6-2-1-5-19(20)21(29-30)22(31)28-13-11-16-4-3-12-27-14-16/h1-10,12,14H,11,13,15H2,(H,28,31). The van der Waals surface area contributed by atoms with Crippen molar-refractivity contribution in [3.63, 3.8) is 0 Å². The van der Waals surface area contributed by atoms with Gasteiger partial charge in [-0.2, -0.15) is 5.10 Å². The third-order valence-electron chi connectivity index (χ3n) is 4.78. The van der Waals surface area contributed by atoms with Gasteiger partial charge in [0, 0.05) is 24.3 Å². The number of halogens is 3.